The average molecular weight is 300 g/mol. The van der Waals surface area contributed by atoms with Crippen molar-refractivity contribution in [3.05, 3.63) is 29.8 Å². The van der Waals surface area contributed by atoms with Crippen LogP contribution in [-0.4, -0.2) is 13.6 Å². The Morgan fingerprint density at radius 1 is 0.773 bits per heavy atom. The molecular formula is C21H33N. The van der Waals surface area contributed by atoms with E-state index in [2.05, 4.69) is 36.2 Å². The Balaban J connectivity index is 1.74. The Morgan fingerprint density at radius 2 is 1.36 bits per heavy atom. The Kier molecular flexibility index (Phi) is 5.81. The molecule has 1 unspecified atom stereocenters. The molecule has 3 rings (SSSR count). The Hall–Kier alpha value is -0.980. The minimum absolute atomic E-state index is 0.900. The molecule has 1 aromatic rings. The molecule has 1 saturated carbocycles. The van der Waals surface area contributed by atoms with Gasteiger partial charge in [-0.05, 0) is 42.7 Å². The maximum atomic E-state index is 2.53. The van der Waals surface area contributed by atoms with Crippen LogP contribution in [0.25, 0.3) is 0 Å². The molecular weight excluding hydrogens is 266 g/mol. The zero-order valence-electron chi connectivity index (χ0n) is 14.4. The standard InChI is InChI=1S/C21H33N/c1-22-17-20-14-9-7-5-3-2-4-6-8-12-18(20)16-19-13-10-11-15-21(19)22/h10-11,13,15,18,20H,2-9,12,14,16-17H2,1H3/t18-,20?/m1/s1. The highest BCUT2D eigenvalue weighted by atomic mass is 15.1. The quantitative estimate of drug-likeness (QED) is 0.583. The van der Waals surface area contributed by atoms with Crippen molar-refractivity contribution < 1.29 is 0 Å². The molecule has 1 aliphatic carbocycles. The van der Waals surface area contributed by atoms with Crippen LogP contribution in [0.2, 0.25) is 0 Å². The van der Waals surface area contributed by atoms with Crippen LogP contribution in [0, 0.1) is 11.8 Å². The molecule has 1 heteroatoms. The van der Waals surface area contributed by atoms with Crippen molar-refractivity contribution in [1.82, 2.24) is 0 Å². The van der Waals surface area contributed by atoms with Crippen molar-refractivity contribution in [2.24, 2.45) is 11.8 Å². The second-order valence-electron chi connectivity index (χ2n) is 7.64. The molecule has 0 aromatic heterocycles. The molecule has 1 aromatic carbocycles. The largest absolute Gasteiger partial charge is 0.374 e. The molecule has 1 aliphatic heterocycles. The van der Waals surface area contributed by atoms with Gasteiger partial charge in [0.05, 0.1) is 0 Å². The van der Waals surface area contributed by atoms with Gasteiger partial charge in [0, 0.05) is 19.3 Å². The second-order valence-corrected chi connectivity index (χ2v) is 7.64. The predicted octanol–water partition coefficient (Wildman–Crippen LogP) is 5.83. The van der Waals surface area contributed by atoms with E-state index in [1.807, 2.05) is 0 Å². The number of rotatable bonds is 0. The van der Waals surface area contributed by atoms with Gasteiger partial charge in [-0.3, -0.25) is 0 Å². The second kappa shape index (κ2) is 8.04. The van der Waals surface area contributed by atoms with E-state index in [0.717, 1.165) is 11.8 Å². The van der Waals surface area contributed by atoms with Crippen LogP contribution in [0.1, 0.15) is 69.8 Å². The summed E-state index contributed by atoms with van der Waals surface area (Å²) in [5, 5.41) is 0. The van der Waals surface area contributed by atoms with E-state index >= 15 is 0 Å². The number of nitrogens with zero attached hydrogens (tertiary/aromatic N) is 1. The van der Waals surface area contributed by atoms with Crippen LogP contribution in [-0.2, 0) is 6.42 Å². The van der Waals surface area contributed by atoms with Crippen molar-refractivity contribution in [3.8, 4) is 0 Å². The van der Waals surface area contributed by atoms with E-state index in [4.69, 9.17) is 0 Å². The summed E-state index contributed by atoms with van der Waals surface area (Å²) in [6.45, 7) is 1.27. The molecule has 122 valence electrons. The summed E-state index contributed by atoms with van der Waals surface area (Å²) in [5.41, 5.74) is 3.07. The van der Waals surface area contributed by atoms with Crippen LogP contribution in [0.15, 0.2) is 24.3 Å². The Bertz CT molecular complexity index is 453. The fourth-order valence-electron chi connectivity index (χ4n) is 4.64. The van der Waals surface area contributed by atoms with Crippen molar-refractivity contribution in [2.45, 2.75) is 70.6 Å². The normalized spacial score (nSPS) is 27.8. The van der Waals surface area contributed by atoms with E-state index < -0.39 is 0 Å². The van der Waals surface area contributed by atoms with Gasteiger partial charge in [-0.25, -0.2) is 0 Å². The molecule has 2 atom stereocenters. The molecule has 0 amide bonds. The van der Waals surface area contributed by atoms with Crippen molar-refractivity contribution in [1.29, 1.82) is 0 Å². The number of benzene rings is 1. The molecule has 0 N–H and O–H groups in total. The number of hydrogen-bond acceptors (Lipinski definition) is 1. The average Bonchev–Trinajstić information content (AvgIpc) is 2.65. The number of para-hydroxylation sites is 1. The van der Waals surface area contributed by atoms with Crippen LogP contribution < -0.4 is 4.90 Å². The van der Waals surface area contributed by atoms with Crippen LogP contribution in [0.4, 0.5) is 5.69 Å². The highest BCUT2D eigenvalue weighted by Gasteiger charge is 2.27. The summed E-state index contributed by atoms with van der Waals surface area (Å²) in [6.07, 6.45) is 15.9. The third kappa shape index (κ3) is 4.06. The summed E-state index contributed by atoms with van der Waals surface area (Å²) in [6, 6.07) is 9.11. The molecule has 1 fully saturated rings. The fourth-order valence-corrected chi connectivity index (χ4v) is 4.64. The lowest BCUT2D eigenvalue weighted by molar-refractivity contribution is 0.283. The van der Waals surface area contributed by atoms with Gasteiger partial charge in [-0.2, -0.15) is 0 Å². The van der Waals surface area contributed by atoms with Gasteiger partial charge in [0.1, 0.15) is 0 Å². The van der Waals surface area contributed by atoms with Crippen LogP contribution >= 0.6 is 0 Å². The zero-order valence-corrected chi connectivity index (χ0v) is 14.4. The lowest BCUT2D eigenvalue weighted by Gasteiger charge is -2.28. The van der Waals surface area contributed by atoms with Crippen LogP contribution in [0.3, 0.4) is 0 Å². The van der Waals surface area contributed by atoms with Gasteiger partial charge < -0.3 is 4.90 Å². The van der Waals surface area contributed by atoms with E-state index in [-0.39, 0.29) is 0 Å². The lowest BCUT2D eigenvalue weighted by atomic mass is 9.80. The minimum atomic E-state index is 0.900. The Labute approximate surface area is 137 Å². The first-order chi connectivity index (χ1) is 10.8. The monoisotopic (exact) mass is 299 g/mol. The smallest absolute Gasteiger partial charge is 0.0396 e. The Morgan fingerprint density at radius 3 is 2.09 bits per heavy atom. The minimum Gasteiger partial charge on any atom is -0.374 e. The lowest BCUT2D eigenvalue weighted by Crippen LogP contribution is -2.28. The van der Waals surface area contributed by atoms with Gasteiger partial charge in [0.25, 0.3) is 0 Å². The zero-order chi connectivity index (χ0) is 15.2. The first kappa shape index (κ1) is 15.9. The number of hydrogen-bond donors (Lipinski definition) is 0. The van der Waals surface area contributed by atoms with Crippen molar-refractivity contribution in [2.75, 3.05) is 18.5 Å². The molecule has 1 heterocycles. The summed E-state index contributed by atoms with van der Waals surface area (Å²) in [7, 11) is 2.30. The molecule has 0 saturated heterocycles. The maximum absolute atomic E-state index is 2.53. The fraction of sp³-hybridized carbons (Fsp3) is 0.714. The molecule has 0 radical (unpaired) electrons. The first-order valence-electron chi connectivity index (χ1n) is 9.63. The summed E-state index contributed by atoms with van der Waals surface area (Å²) in [5.74, 6) is 1.81. The predicted molar refractivity (Wildman–Crippen MR) is 96.6 cm³/mol. The highest BCUT2D eigenvalue weighted by Crippen LogP contribution is 2.36. The maximum Gasteiger partial charge on any atom is 0.0396 e. The third-order valence-corrected chi connectivity index (χ3v) is 5.96. The van der Waals surface area contributed by atoms with E-state index in [1.165, 1.54) is 82.9 Å². The SMILES string of the molecule is CN1CC2CCCCCCCCCC[C@@H]2Cc2ccccc21. The first-order valence-corrected chi connectivity index (χ1v) is 9.63. The molecule has 2 aliphatic rings. The molecule has 0 spiro atoms. The van der Waals surface area contributed by atoms with Gasteiger partial charge in [-0.1, -0.05) is 69.6 Å². The highest BCUT2D eigenvalue weighted by molar-refractivity contribution is 5.54. The molecule has 0 bridgehead atoms. The van der Waals surface area contributed by atoms with Crippen LogP contribution in [0.5, 0.6) is 0 Å². The third-order valence-electron chi connectivity index (χ3n) is 5.96. The molecule has 22 heavy (non-hydrogen) atoms. The van der Waals surface area contributed by atoms with Gasteiger partial charge in [0.15, 0.2) is 0 Å². The number of fused-ring (bicyclic) bond motifs is 2. The topological polar surface area (TPSA) is 3.24 Å². The van der Waals surface area contributed by atoms with Crippen molar-refractivity contribution in [3.63, 3.8) is 0 Å². The van der Waals surface area contributed by atoms with E-state index in [1.54, 1.807) is 5.56 Å². The number of anilines is 1. The van der Waals surface area contributed by atoms with Crippen molar-refractivity contribution >= 4 is 5.69 Å². The van der Waals surface area contributed by atoms with E-state index in [0.29, 0.717) is 0 Å². The van der Waals surface area contributed by atoms with Gasteiger partial charge >= 0.3 is 0 Å². The summed E-state index contributed by atoms with van der Waals surface area (Å²) in [4.78, 5) is 2.53. The van der Waals surface area contributed by atoms with Gasteiger partial charge in [-0.15, -0.1) is 0 Å². The van der Waals surface area contributed by atoms with Gasteiger partial charge in [0.2, 0.25) is 0 Å². The summed E-state index contributed by atoms with van der Waals surface area (Å²) < 4.78 is 0. The van der Waals surface area contributed by atoms with E-state index in [9.17, 15) is 0 Å². The summed E-state index contributed by atoms with van der Waals surface area (Å²) >= 11 is 0. The molecule has 1 nitrogen and oxygen atoms in total.